The molecule has 5 rings (SSSR count). The molecule has 3 aromatic carbocycles. The van der Waals surface area contributed by atoms with Crippen LogP contribution in [0.1, 0.15) is 0 Å². The molecule has 0 unspecified atom stereocenters. The molecule has 0 saturated heterocycles. The van der Waals surface area contributed by atoms with Gasteiger partial charge in [0.2, 0.25) is 10.9 Å². The molecule has 0 saturated carbocycles. The molecule has 26 heavy (non-hydrogen) atoms. The highest BCUT2D eigenvalue weighted by Gasteiger charge is 2.25. The molecule has 0 aliphatic carbocycles. The lowest BCUT2D eigenvalue weighted by atomic mass is 9.98. The highest BCUT2D eigenvalue weighted by molar-refractivity contribution is 6.04. The maximum atomic E-state index is 12.6. The summed E-state index contributed by atoms with van der Waals surface area (Å²) in [5, 5.41) is 1.60. The van der Waals surface area contributed by atoms with Gasteiger partial charge < -0.3 is 9.97 Å². The Bertz CT molecular complexity index is 1340. The first-order chi connectivity index (χ1) is 12.7. The lowest BCUT2D eigenvalue weighted by Crippen LogP contribution is -2.30. The highest BCUT2D eigenvalue weighted by Crippen LogP contribution is 2.35. The summed E-state index contributed by atoms with van der Waals surface area (Å²) in [5.41, 5.74) is 0.686. The molecular formula is C21H12N2O3. The van der Waals surface area contributed by atoms with Gasteiger partial charge in [-0.3, -0.25) is 14.4 Å². The third-order valence-corrected chi connectivity index (χ3v) is 4.83. The number of rotatable bonds is 2. The predicted octanol–water partition coefficient (Wildman–Crippen LogP) is 2.94. The van der Waals surface area contributed by atoms with E-state index in [0.717, 1.165) is 21.8 Å². The first kappa shape index (κ1) is 14.6. The highest BCUT2D eigenvalue weighted by atomic mass is 16.2. The predicted molar refractivity (Wildman–Crippen MR) is 102 cm³/mol. The fourth-order valence-electron chi connectivity index (χ4n) is 3.63. The van der Waals surface area contributed by atoms with Gasteiger partial charge >= 0.3 is 0 Å². The molecular weight excluding hydrogens is 328 g/mol. The molecule has 2 N–H and O–H groups in total. The lowest BCUT2D eigenvalue weighted by Gasteiger charge is -2.01. The fraction of sp³-hybridized carbons (Fsp3) is 0. The van der Waals surface area contributed by atoms with Gasteiger partial charge in [-0.25, -0.2) is 0 Å². The molecule has 0 bridgehead atoms. The maximum absolute atomic E-state index is 12.6. The minimum absolute atomic E-state index is 0.169. The normalized spacial score (nSPS) is 11.5. The molecule has 2 heterocycles. The molecule has 5 heteroatoms. The van der Waals surface area contributed by atoms with Crippen LogP contribution in [-0.4, -0.2) is 9.97 Å². The zero-order valence-electron chi connectivity index (χ0n) is 13.5. The van der Waals surface area contributed by atoms with Gasteiger partial charge in [0.05, 0.1) is 0 Å². The SMILES string of the molecule is O=c1c(-c2c[nH]c3ccccc23)c(-c2c[nH]c3ccccc23)c(=O)c1=O. The number of nitrogens with one attached hydrogen (secondary N) is 2. The fourth-order valence-corrected chi connectivity index (χ4v) is 3.63. The summed E-state index contributed by atoms with van der Waals surface area (Å²) < 4.78 is 0. The number of fused-ring (bicyclic) bond motifs is 2. The molecule has 5 aromatic rings. The minimum Gasteiger partial charge on any atom is -0.361 e. The van der Waals surface area contributed by atoms with Crippen molar-refractivity contribution in [1.29, 1.82) is 0 Å². The molecule has 0 aliphatic rings. The number of hydrogen-bond donors (Lipinski definition) is 2. The van der Waals surface area contributed by atoms with E-state index in [4.69, 9.17) is 0 Å². The first-order valence-electron chi connectivity index (χ1n) is 8.17. The molecule has 0 atom stereocenters. The van der Waals surface area contributed by atoms with Crippen molar-refractivity contribution in [2.75, 3.05) is 0 Å². The maximum Gasteiger partial charge on any atom is 0.274 e. The van der Waals surface area contributed by atoms with E-state index in [1.54, 1.807) is 12.4 Å². The second-order valence-electron chi connectivity index (χ2n) is 6.23. The summed E-state index contributed by atoms with van der Waals surface area (Å²) in [4.78, 5) is 43.7. The van der Waals surface area contributed by atoms with Gasteiger partial charge in [-0.15, -0.1) is 0 Å². The molecule has 0 spiro atoms. The Morgan fingerprint density at radius 1 is 0.538 bits per heavy atom. The van der Waals surface area contributed by atoms with E-state index in [0.29, 0.717) is 11.1 Å². The molecule has 2 aromatic heterocycles. The minimum atomic E-state index is -0.981. The van der Waals surface area contributed by atoms with Crippen molar-refractivity contribution in [3.63, 3.8) is 0 Å². The Kier molecular flexibility index (Phi) is 2.88. The van der Waals surface area contributed by atoms with E-state index in [1.807, 2.05) is 48.5 Å². The van der Waals surface area contributed by atoms with Crippen molar-refractivity contribution < 1.29 is 0 Å². The Morgan fingerprint density at radius 2 is 0.962 bits per heavy atom. The summed E-state index contributed by atoms with van der Waals surface area (Å²) in [6.07, 6.45) is 3.36. The summed E-state index contributed by atoms with van der Waals surface area (Å²) >= 11 is 0. The van der Waals surface area contributed by atoms with Gasteiger partial charge in [0.15, 0.2) is 0 Å². The Hall–Kier alpha value is -3.73. The van der Waals surface area contributed by atoms with Crippen LogP contribution in [0.4, 0.5) is 0 Å². The summed E-state index contributed by atoms with van der Waals surface area (Å²) in [6, 6.07) is 15.0. The molecule has 124 valence electrons. The zero-order chi connectivity index (χ0) is 17.8. The van der Waals surface area contributed by atoms with Crippen LogP contribution in [0, 0.1) is 0 Å². The first-order valence-corrected chi connectivity index (χ1v) is 8.17. The average Bonchev–Trinajstić information content (AvgIpc) is 3.33. The van der Waals surface area contributed by atoms with Crippen molar-refractivity contribution >= 4 is 21.8 Å². The number of benzene rings is 2. The lowest BCUT2D eigenvalue weighted by molar-refractivity contribution is 1.47. The number of para-hydroxylation sites is 2. The molecule has 5 nitrogen and oxygen atoms in total. The molecule has 0 amide bonds. The van der Waals surface area contributed by atoms with Crippen molar-refractivity contribution in [2.45, 2.75) is 0 Å². The second kappa shape index (κ2) is 5.13. The molecule has 0 fully saturated rings. The van der Waals surface area contributed by atoms with E-state index in [1.165, 1.54) is 0 Å². The van der Waals surface area contributed by atoms with E-state index >= 15 is 0 Å². The van der Waals surface area contributed by atoms with Gasteiger partial charge in [0, 0.05) is 56.5 Å². The van der Waals surface area contributed by atoms with Crippen LogP contribution in [0.25, 0.3) is 44.1 Å². The Balaban J connectivity index is 1.94. The van der Waals surface area contributed by atoms with E-state index in [9.17, 15) is 14.4 Å². The van der Waals surface area contributed by atoms with Crippen LogP contribution in [0.15, 0.2) is 75.3 Å². The van der Waals surface area contributed by atoms with Crippen molar-refractivity contribution in [2.24, 2.45) is 0 Å². The Labute approximate surface area is 146 Å². The van der Waals surface area contributed by atoms with Crippen LogP contribution in [-0.2, 0) is 0 Å². The largest absolute Gasteiger partial charge is 0.361 e. The van der Waals surface area contributed by atoms with Crippen LogP contribution < -0.4 is 16.3 Å². The van der Waals surface area contributed by atoms with Crippen molar-refractivity contribution in [3.05, 3.63) is 91.6 Å². The number of aromatic nitrogens is 2. The van der Waals surface area contributed by atoms with Crippen LogP contribution in [0.2, 0.25) is 0 Å². The zero-order valence-corrected chi connectivity index (χ0v) is 13.5. The standard InChI is InChI=1S/C21H12N2O3/c24-19-17(13-9-22-15-7-3-1-5-11(13)15)18(20(25)21(19)26)14-10-23-16-8-4-2-6-12(14)16/h1-10,22-23H. The van der Waals surface area contributed by atoms with Crippen molar-refractivity contribution in [3.8, 4) is 22.3 Å². The van der Waals surface area contributed by atoms with Crippen LogP contribution in [0.3, 0.4) is 0 Å². The van der Waals surface area contributed by atoms with Crippen molar-refractivity contribution in [1.82, 2.24) is 9.97 Å². The third-order valence-electron chi connectivity index (χ3n) is 4.83. The number of H-pyrrole nitrogens is 2. The Morgan fingerprint density at radius 3 is 1.42 bits per heavy atom. The smallest absolute Gasteiger partial charge is 0.274 e. The monoisotopic (exact) mass is 340 g/mol. The average molecular weight is 340 g/mol. The van der Waals surface area contributed by atoms with E-state index in [2.05, 4.69) is 9.97 Å². The van der Waals surface area contributed by atoms with E-state index in [-0.39, 0.29) is 11.1 Å². The van der Waals surface area contributed by atoms with E-state index < -0.39 is 16.3 Å². The quantitative estimate of drug-likeness (QED) is 0.485. The molecule has 0 radical (unpaired) electrons. The van der Waals surface area contributed by atoms with Gasteiger partial charge in [-0.2, -0.15) is 0 Å². The topological polar surface area (TPSA) is 82.8 Å². The van der Waals surface area contributed by atoms with Gasteiger partial charge in [0.1, 0.15) is 0 Å². The number of hydrogen-bond acceptors (Lipinski definition) is 3. The van der Waals surface area contributed by atoms with Gasteiger partial charge in [-0.1, -0.05) is 36.4 Å². The summed E-state index contributed by atoms with van der Waals surface area (Å²) in [6.45, 7) is 0. The summed E-state index contributed by atoms with van der Waals surface area (Å²) in [7, 11) is 0. The molecule has 0 aliphatic heterocycles. The van der Waals surface area contributed by atoms with Crippen LogP contribution in [0.5, 0.6) is 0 Å². The second-order valence-corrected chi connectivity index (χ2v) is 6.23. The van der Waals surface area contributed by atoms with Gasteiger partial charge in [-0.05, 0) is 12.1 Å². The third kappa shape index (κ3) is 1.82. The summed E-state index contributed by atoms with van der Waals surface area (Å²) in [5.74, 6) is 0. The van der Waals surface area contributed by atoms with Gasteiger partial charge in [0.25, 0.3) is 5.43 Å². The van der Waals surface area contributed by atoms with Crippen LogP contribution >= 0.6 is 0 Å². The number of aromatic amines is 2.